The number of nitrogens with zero attached hydrogens (tertiary/aromatic N) is 1. The summed E-state index contributed by atoms with van der Waals surface area (Å²) in [5.41, 5.74) is 9.06. The fraction of sp³-hybridized carbons (Fsp3) is 0.250. The molecule has 0 saturated heterocycles. The second-order valence-electron chi connectivity index (χ2n) is 4.69. The number of carbonyl (C=O) groups is 1. The lowest BCUT2D eigenvalue weighted by atomic mass is 10.1. The van der Waals surface area contributed by atoms with Crippen LogP contribution in [-0.4, -0.2) is 17.4 Å². The zero-order valence-corrected chi connectivity index (χ0v) is 11.6. The van der Waals surface area contributed by atoms with Gasteiger partial charge in [-0.05, 0) is 49.7 Å². The molecule has 2 rings (SSSR count). The molecule has 1 aromatic heterocycles. The SMILES string of the molecule is Cc1cccc(CNC(=O)c2cccc(CCN)c2)n1. The van der Waals surface area contributed by atoms with Gasteiger partial charge in [-0.3, -0.25) is 9.78 Å². The Bertz CT molecular complexity index is 596. The second kappa shape index (κ2) is 6.82. The van der Waals surface area contributed by atoms with Gasteiger partial charge in [-0.25, -0.2) is 0 Å². The van der Waals surface area contributed by atoms with E-state index in [1.54, 1.807) is 6.07 Å². The fourth-order valence-electron chi connectivity index (χ4n) is 2.01. The zero-order valence-electron chi connectivity index (χ0n) is 11.6. The molecule has 1 amide bonds. The highest BCUT2D eigenvalue weighted by molar-refractivity contribution is 5.94. The van der Waals surface area contributed by atoms with E-state index in [1.165, 1.54) is 0 Å². The van der Waals surface area contributed by atoms with Gasteiger partial charge in [0.25, 0.3) is 5.91 Å². The van der Waals surface area contributed by atoms with E-state index in [4.69, 9.17) is 5.73 Å². The number of hydrogen-bond acceptors (Lipinski definition) is 3. The van der Waals surface area contributed by atoms with Crippen LogP contribution in [0.25, 0.3) is 0 Å². The molecule has 20 heavy (non-hydrogen) atoms. The summed E-state index contributed by atoms with van der Waals surface area (Å²) in [7, 11) is 0. The first-order valence-corrected chi connectivity index (χ1v) is 6.69. The quantitative estimate of drug-likeness (QED) is 0.870. The van der Waals surface area contributed by atoms with Gasteiger partial charge in [-0.2, -0.15) is 0 Å². The molecule has 0 fully saturated rings. The van der Waals surface area contributed by atoms with E-state index in [9.17, 15) is 4.79 Å². The van der Waals surface area contributed by atoms with Crippen LogP contribution in [0.5, 0.6) is 0 Å². The lowest BCUT2D eigenvalue weighted by Crippen LogP contribution is -2.23. The number of nitrogens with one attached hydrogen (secondary N) is 1. The molecule has 3 N–H and O–H groups in total. The number of hydrogen-bond donors (Lipinski definition) is 2. The molecule has 0 spiro atoms. The normalized spacial score (nSPS) is 10.3. The first kappa shape index (κ1) is 14.2. The highest BCUT2D eigenvalue weighted by atomic mass is 16.1. The van der Waals surface area contributed by atoms with Crippen LogP contribution in [0, 0.1) is 6.92 Å². The summed E-state index contributed by atoms with van der Waals surface area (Å²) in [6.07, 6.45) is 0.778. The van der Waals surface area contributed by atoms with E-state index in [-0.39, 0.29) is 5.91 Å². The third kappa shape index (κ3) is 3.90. The first-order chi connectivity index (χ1) is 9.69. The van der Waals surface area contributed by atoms with Crippen LogP contribution in [0.2, 0.25) is 0 Å². The number of amides is 1. The van der Waals surface area contributed by atoms with E-state index in [2.05, 4.69) is 10.3 Å². The highest BCUT2D eigenvalue weighted by Gasteiger charge is 2.06. The Kier molecular flexibility index (Phi) is 4.85. The molecule has 0 unspecified atom stereocenters. The maximum absolute atomic E-state index is 12.1. The van der Waals surface area contributed by atoms with Gasteiger partial charge in [0.1, 0.15) is 0 Å². The van der Waals surface area contributed by atoms with Crippen LogP contribution in [0.15, 0.2) is 42.5 Å². The number of aryl methyl sites for hydroxylation is 1. The van der Waals surface area contributed by atoms with Crippen LogP contribution in [-0.2, 0) is 13.0 Å². The maximum Gasteiger partial charge on any atom is 0.251 e. The predicted octanol–water partition coefficient (Wildman–Crippen LogP) is 1.82. The van der Waals surface area contributed by atoms with Crippen LogP contribution in [0.1, 0.15) is 27.3 Å². The van der Waals surface area contributed by atoms with Crippen LogP contribution >= 0.6 is 0 Å². The maximum atomic E-state index is 12.1. The van der Waals surface area contributed by atoms with Crippen LogP contribution < -0.4 is 11.1 Å². The summed E-state index contributed by atoms with van der Waals surface area (Å²) in [6, 6.07) is 13.3. The van der Waals surface area contributed by atoms with Crippen molar-refractivity contribution < 1.29 is 4.79 Å². The van der Waals surface area contributed by atoms with Crippen molar-refractivity contribution in [3.63, 3.8) is 0 Å². The molecule has 0 aliphatic heterocycles. The summed E-state index contributed by atoms with van der Waals surface area (Å²) in [4.78, 5) is 16.4. The molecule has 104 valence electrons. The minimum atomic E-state index is -0.0906. The van der Waals surface area contributed by atoms with E-state index in [0.717, 1.165) is 23.4 Å². The Hall–Kier alpha value is -2.20. The van der Waals surface area contributed by atoms with Gasteiger partial charge >= 0.3 is 0 Å². The van der Waals surface area contributed by atoms with Crippen molar-refractivity contribution >= 4 is 5.91 Å². The topological polar surface area (TPSA) is 68.0 Å². The van der Waals surface area contributed by atoms with Crippen molar-refractivity contribution in [3.8, 4) is 0 Å². The summed E-state index contributed by atoms with van der Waals surface area (Å²) < 4.78 is 0. The fourth-order valence-corrected chi connectivity index (χ4v) is 2.01. The number of carbonyl (C=O) groups excluding carboxylic acids is 1. The van der Waals surface area contributed by atoms with E-state index < -0.39 is 0 Å². The van der Waals surface area contributed by atoms with Gasteiger partial charge < -0.3 is 11.1 Å². The summed E-state index contributed by atoms with van der Waals surface area (Å²) in [6.45, 7) is 2.95. The largest absolute Gasteiger partial charge is 0.346 e. The predicted molar refractivity (Wildman–Crippen MR) is 79.3 cm³/mol. The number of pyridine rings is 1. The molecule has 0 radical (unpaired) electrons. The average Bonchev–Trinajstić information content (AvgIpc) is 2.45. The summed E-state index contributed by atoms with van der Waals surface area (Å²) in [5.74, 6) is -0.0906. The minimum absolute atomic E-state index is 0.0906. The average molecular weight is 269 g/mol. The first-order valence-electron chi connectivity index (χ1n) is 6.69. The lowest BCUT2D eigenvalue weighted by molar-refractivity contribution is 0.0950. The lowest BCUT2D eigenvalue weighted by Gasteiger charge is -2.07. The van der Waals surface area contributed by atoms with Crippen molar-refractivity contribution in [2.75, 3.05) is 6.54 Å². The molecule has 4 nitrogen and oxygen atoms in total. The Labute approximate surface area is 119 Å². The zero-order chi connectivity index (χ0) is 14.4. The molecule has 0 bridgehead atoms. The standard InChI is InChI=1S/C16H19N3O/c1-12-4-2-7-15(19-12)11-18-16(20)14-6-3-5-13(10-14)8-9-17/h2-7,10H,8-9,11,17H2,1H3,(H,18,20). The molecule has 2 aromatic rings. The monoisotopic (exact) mass is 269 g/mol. The number of nitrogens with two attached hydrogens (primary N) is 1. The Morgan fingerprint density at radius 3 is 2.80 bits per heavy atom. The van der Waals surface area contributed by atoms with Gasteiger partial charge in [0.2, 0.25) is 0 Å². The Morgan fingerprint density at radius 1 is 1.25 bits per heavy atom. The Balaban J connectivity index is 1.99. The Morgan fingerprint density at radius 2 is 2.05 bits per heavy atom. The molecular weight excluding hydrogens is 250 g/mol. The number of aromatic nitrogens is 1. The highest BCUT2D eigenvalue weighted by Crippen LogP contribution is 2.06. The second-order valence-corrected chi connectivity index (χ2v) is 4.69. The van der Waals surface area contributed by atoms with Gasteiger partial charge in [0.05, 0.1) is 12.2 Å². The third-order valence-corrected chi connectivity index (χ3v) is 3.00. The smallest absolute Gasteiger partial charge is 0.251 e. The van der Waals surface area contributed by atoms with Crippen molar-refractivity contribution in [3.05, 3.63) is 65.0 Å². The molecule has 0 saturated carbocycles. The molecule has 1 heterocycles. The van der Waals surface area contributed by atoms with Crippen molar-refractivity contribution in [2.45, 2.75) is 19.9 Å². The van der Waals surface area contributed by atoms with Crippen molar-refractivity contribution in [2.24, 2.45) is 5.73 Å². The molecule has 0 atom stereocenters. The molecular formula is C16H19N3O. The molecule has 1 aromatic carbocycles. The molecule has 0 aliphatic carbocycles. The van der Waals surface area contributed by atoms with Gasteiger partial charge in [-0.15, -0.1) is 0 Å². The van der Waals surface area contributed by atoms with E-state index in [0.29, 0.717) is 18.7 Å². The van der Waals surface area contributed by atoms with E-state index in [1.807, 2.05) is 43.3 Å². The van der Waals surface area contributed by atoms with Gasteiger partial charge in [0, 0.05) is 11.3 Å². The van der Waals surface area contributed by atoms with Crippen LogP contribution in [0.4, 0.5) is 0 Å². The molecule has 4 heteroatoms. The number of rotatable bonds is 5. The van der Waals surface area contributed by atoms with Gasteiger partial charge in [-0.1, -0.05) is 18.2 Å². The number of benzene rings is 1. The van der Waals surface area contributed by atoms with Gasteiger partial charge in [0.15, 0.2) is 0 Å². The summed E-state index contributed by atoms with van der Waals surface area (Å²) >= 11 is 0. The molecule has 0 aliphatic rings. The third-order valence-electron chi connectivity index (χ3n) is 3.00. The van der Waals surface area contributed by atoms with Crippen LogP contribution in [0.3, 0.4) is 0 Å². The van der Waals surface area contributed by atoms with Crippen molar-refractivity contribution in [1.29, 1.82) is 0 Å². The summed E-state index contributed by atoms with van der Waals surface area (Å²) in [5, 5.41) is 2.88. The van der Waals surface area contributed by atoms with Crippen molar-refractivity contribution in [1.82, 2.24) is 10.3 Å². The van der Waals surface area contributed by atoms with E-state index >= 15 is 0 Å². The minimum Gasteiger partial charge on any atom is -0.346 e.